The average Bonchev–Trinajstić information content (AvgIpc) is 3.25. The number of piperidine rings is 1. The van der Waals surface area contributed by atoms with Crippen LogP contribution in [-0.2, 0) is 9.53 Å². The predicted molar refractivity (Wildman–Crippen MR) is 127 cm³/mol. The minimum Gasteiger partial charge on any atom is -0.497 e. The van der Waals surface area contributed by atoms with Gasteiger partial charge in [0, 0.05) is 43.6 Å². The summed E-state index contributed by atoms with van der Waals surface area (Å²) in [5.41, 5.74) is 0.138. The molecule has 2 aliphatic heterocycles. The molecule has 2 aromatic carbocycles. The smallest absolute Gasteiger partial charge is 0.256 e. The Morgan fingerprint density at radius 3 is 2.41 bits per heavy atom. The summed E-state index contributed by atoms with van der Waals surface area (Å²) in [5.74, 6) is 0.0872. The Morgan fingerprint density at radius 2 is 1.74 bits per heavy atom. The molecule has 2 heterocycles. The van der Waals surface area contributed by atoms with Gasteiger partial charge in [-0.05, 0) is 36.8 Å². The number of benzene rings is 2. The van der Waals surface area contributed by atoms with Gasteiger partial charge >= 0.3 is 0 Å². The van der Waals surface area contributed by atoms with Crippen LogP contribution in [0.2, 0.25) is 0 Å². The molecule has 34 heavy (non-hydrogen) atoms. The molecule has 4 rings (SSSR count). The zero-order valence-electron chi connectivity index (χ0n) is 19.7. The van der Waals surface area contributed by atoms with Gasteiger partial charge in [-0.3, -0.25) is 19.3 Å². The van der Waals surface area contributed by atoms with Gasteiger partial charge in [-0.25, -0.2) is 0 Å². The van der Waals surface area contributed by atoms with Gasteiger partial charge in [0.25, 0.3) is 11.8 Å². The van der Waals surface area contributed by atoms with Crippen LogP contribution in [0.5, 0.6) is 5.75 Å². The Balaban J connectivity index is 1.55. The molecule has 1 spiro atoms. The lowest BCUT2D eigenvalue weighted by Gasteiger charge is -2.44. The molecule has 180 valence electrons. The number of carbonyl (C=O) groups is 3. The number of nitrogens with one attached hydrogen (secondary N) is 1. The van der Waals surface area contributed by atoms with Crippen molar-refractivity contribution in [2.45, 2.75) is 38.0 Å². The second-order valence-electron chi connectivity index (χ2n) is 8.63. The predicted octanol–water partition coefficient (Wildman–Crippen LogP) is 2.69. The van der Waals surface area contributed by atoms with Crippen molar-refractivity contribution in [3.8, 4) is 5.75 Å². The van der Waals surface area contributed by atoms with Gasteiger partial charge in [0.05, 0.1) is 13.7 Å². The van der Waals surface area contributed by atoms with E-state index in [-0.39, 0.29) is 24.3 Å². The van der Waals surface area contributed by atoms with Crippen LogP contribution in [0.25, 0.3) is 0 Å². The molecule has 2 saturated heterocycles. The van der Waals surface area contributed by atoms with Crippen LogP contribution in [-0.4, -0.2) is 72.6 Å². The van der Waals surface area contributed by atoms with E-state index in [9.17, 15) is 14.4 Å². The third-order valence-electron chi connectivity index (χ3n) is 6.50. The van der Waals surface area contributed by atoms with Gasteiger partial charge in [0.1, 0.15) is 17.5 Å². The lowest BCUT2D eigenvalue weighted by Crippen LogP contribution is -2.59. The number of ether oxygens (including phenoxy) is 2. The molecule has 2 fully saturated rings. The first-order chi connectivity index (χ1) is 16.5. The normalized spacial score (nSPS) is 19.2. The summed E-state index contributed by atoms with van der Waals surface area (Å²) in [4.78, 5) is 43.0. The van der Waals surface area contributed by atoms with E-state index in [0.29, 0.717) is 49.4 Å². The summed E-state index contributed by atoms with van der Waals surface area (Å²) in [7, 11) is 1.57. The van der Waals surface area contributed by atoms with Crippen molar-refractivity contribution in [1.82, 2.24) is 15.1 Å². The second kappa shape index (κ2) is 10.3. The highest BCUT2D eigenvalue weighted by Gasteiger charge is 2.54. The van der Waals surface area contributed by atoms with Crippen LogP contribution in [0.3, 0.4) is 0 Å². The van der Waals surface area contributed by atoms with E-state index in [2.05, 4.69) is 5.32 Å². The second-order valence-corrected chi connectivity index (χ2v) is 8.63. The first-order valence-electron chi connectivity index (χ1n) is 11.7. The summed E-state index contributed by atoms with van der Waals surface area (Å²) in [6.45, 7) is 3.49. The Bertz CT molecular complexity index is 1030. The van der Waals surface area contributed by atoms with Gasteiger partial charge in [-0.15, -0.1) is 0 Å². The molecule has 0 aromatic heterocycles. The molecule has 0 aliphatic carbocycles. The molecule has 3 amide bonds. The molecular formula is C26H31N3O5. The van der Waals surface area contributed by atoms with E-state index in [1.54, 1.807) is 65.4 Å². The summed E-state index contributed by atoms with van der Waals surface area (Å²) in [6, 6.07) is 15.3. The Labute approximate surface area is 199 Å². The first-order valence-corrected chi connectivity index (χ1v) is 11.7. The quantitative estimate of drug-likeness (QED) is 0.709. The van der Waals surface area contributed by atoms with Crippen LogP contribution in [0.15, 0.2) is 54.6 Å². The summed E-state index contributed by atoms with van der Waals surface area (Å²) >= 11 is 0. The number of hydrogen-bond donors (Lipinski definition) is 1. The van der Waals surface area contributed by atoms with Gasteiger partial charge in [0.2, 0.25) is 5.91 Å². The summed E-state index contributed by atoms with van der Waals surface area (Å²) < 4.78 is 11.4. The van der Waals surface area contributed by atoms with Crippen molar-refractivity contribution in [3.05, 3.63) is 65.7 Å². The Kier molecular flexibility index (Phi) is 7.17. The highest BCUT2D eigenvalue weighted by molar-refractivity contribution is 5.98. The van der Waals surface area contributed by atoms with Crippen molar-refractivity contribution in [2.24, 2.45) is 0 Å². The van der Waals surface area contributed by atoms with Gasteiger partial charge in [-0.2, -0.15) is 0 Å². The summed E-state index contributed by atoms with van der Waals surface area (Å²) in [6.07, 6.45) is 1.66. The lowest BCUT2D eigenvalue weighted by molar-refractivity contribution is -0.128. The maximum absolute atomic E-state index is 13.6. The molecule has 8 heteroatoms. The third-order valence-corrected chi connectivity index (χ3v) is 6.50. The Morgan fingerprint density at radius 1 is 1.03 bits per heavy atom. The molecule has 1 atom stereocenters. The van der Waals surface area contributed by atoms with Gasteiger partial charge in [0.15, 0.2) is 0 Å². The van der Waals surface area contributed by atoms with Crippen molar-refractivity contribution in [1.29, 1.82) is 0 Å². The third kappa shape index (κ3) is 4.63. The standard InChI is InChI=1S/C26H31N3O5/c1-3-14-27-23(30)22-18-34-26(29(22)25(32)19-8-5-4-6-9-19)12-15-28(16-13-26)24(31)20-10-7-11-21(17-20)33-2/h4-11,17,22H,3,12-16,18H2,1-2H3,(H,27,30). The van der Waals surface area contributed by atoms with Crippen molar-refractivity contribution in [3.63, 3.8) is 0 Å². The highest BCUT2D eigenvalue weighted by Crippen LogP contribution is 2.39. The van der Waals surface area contributed by atoms with E-state index in [1.165, 1.54) is 0 Å². The summed E-state index contributed by atoms with van der Waals surface area (Å²) in [5, 5.41) is 2.90. The van der Waals surface area contributed by atoms with Gasteiger partial charge < -0.3 is 19.7 Å². The van der Waals surface area contributed by atoms with Crippen molar-refractivity contribution >= 4 is 17.7 Å². The van der Waals surface area contributed by atoms with Crippen LogP contribution in [0.1, 0.15) is 46.9 Å². The van der Waals surface area contributed by atoms with Gasteiger partial charge in [-0.1, -0.05) is 31.2 Å². The van der Waals surface area contributed by atoms with E-state index in [1.807, 2.05) is 13.0 Å². The molecule has 0 saturated carbocycles. The maximum atomic E-state index is 13.6. The minimum absolute atomic E-state index is 0.0927. The van der Waals surface area contributed by atoms with Crippen LogP contribution >= 0.6 is 0 Å². The van der Waals surface area contributed by atoms with Crippen molar-refractivity contribution in [2.75, 3.05) is 33.4 Å². The number of carbonyl (C=O) groups excluding carboxylic acids is 3. The highest BCUT2D eigenvalue weighted by atomic mass is 16.5. The molecule has 1 N–H and O–H groups in total. The van der Waals surface area contributed by atoms with Crippen LogP contribution in [0.4, 0.5) is 0 Å². The van der Waals surface area contributed by atoms with Crippen LogP contribution in [0, 0.1) is 0 Å². The van der Waals surface area contributed by atoms with Crippen molar-refractivity contribution < 1.29 is 23.9 Å². The Hall–Kier alpha value is -3.39. The average molecular weight is 466 g/mol. The number of rotatable bonds is 6. The lowest BCUT2D eigenvalue weighted by atomic mass is 9.96. The number of methoxy groups -OCH3 is 1. The number of likely N-dealkylation sites (tertiary alicyclic amines) is 1. The molecule has 2 aliphatic rings. The molecule has 0 bridgehead atoms. The molecule has 2 aromatic rings. The van der Waals surface area contributed by atoms with E-state index in [4.69, 9.17) is 9.47 Å². The zero-order chi connectivity index (χ0) is 24.1. The minimum atomic E-state index is -0.924. The van der Waals surface area contributed by atoms with E-state index in [0.717, 1.165) is 6.42 Å². The van der Waals surface area contributed by atoms with E-state index >= 15 is 0 Å². The largest absolute Gasteiger partial charge is 0.497 e. The monoisotopic (exact) mass is 465 g/mol. The topological polar surface area (TPSA) is 88.2 Å². The molecular weight excluding hydrogens is 434 g/mol. The fourth-order valence-electron chi connectivity index (χ4n) is 4.65. The first kappa shape index (κ1) is 23.8. The fraction of sp³-hybridized carbons (Fsp3) is 0.423. The number of nitrogens with zero attached hydrogens (tertiary/aromatic N) is 2. The SMILES string of the molecule is CCCNC(=O)C1COC2(CCN(C(=O)c3cccc(OC)c3)CC2)N1C(=O)c1ccccc1. The zero-order valence-corrected chi connectivity index (χ0v) is 19.7. The van der Waals surface area contributed by atoms with Crippen LogP contribution < -0.4 is 10.1 Å². The fourth-order valence-corrected chi connectivity index (χ4v) is 4.65. The number of hydrogen-bond acceptors (Lipinski definition) is 5. The molecule has 0 radical (unpaired) electrons. The molecule has 8 nitrogen and oxygen atoms in total. The van der Waals surface area contributed by atoms with E-state index < -0.39 is 11.8 Å². The maximum Gasteiger partial charge on any atom is 0.256 e. The number of amides is 3. The molecule has 1 unspecified atom stereocenters.